The Labute approximate surface area is 149 Å². The molecule has 1 aliphatic rings. The number of hydrogen-bond donors (Lipinski definition) is 1. The molecule has 1 saturated heterocycles. The Morgan fingerprint density at radius 1 is 1.54 bits per heavy atom. The largest absolute Gasteiger partial charge is 0.338 e. The van der Waals surface area contributed by atoms with Crippen molar-refractivity contribution in [1.82, 2.24) is 19.9 Å². The fraction of sp³-hybridized carbons (Fsp3) is 0.500. The molecule has 2 aromatic rings. The molecule has 0 spiro atoms. The number of nitrogens with zero attached hydrogens (tertiary/aromatic N) is 3. The van der Waals surface area contributed by atoms with E-state index in [-0.39, 0.29) is 29.2 Å². The highest BCUT2D eigenvalue weighted by atomic mass is 35.5. The highest BCUT2D eigenvalue weighted by Gasteiger charge is 2.33. The fourth-order valence-electron chi connectivity index (χ4n) is 2.79. The molecule has 1 N–H and O–H groups in total. The summed E-state index contributed by atoms with van der Waals surface area (Å²) in [7, 11) is -3.01. The molecule has 1 amide bonds. The Kier molecular flexibility index (Phi) is 5.03. The predicted octanol–water partition coefficient (Wildman–Crippen LogP) is 1.74. The summed E-state index contributed by atoms with van der Waals surface area (Å²) in [6.45, 7) is 2.36. The summed E-state index contributed by atoms with van der Waals surface area (Å²) in [5, 5.41) is 1.10. The topological polar surface area (TPSA) is 96.0 Å². The van der Waals surface area contributed by atoms with Crippen molar-refractivity contribution in [3.8, 4) is 0 Å². The lowest BCUT2D eigenvalue weighted by Crippen LogP contribution is -2.41. The van der Waals surface area contributed by atoms with Crippen LogP contribution in [0.1, 0.15) is 13.3 Å². The van der Waals surface area contributed by atoms with Crippen LogP contribution in [0.25, 0.3) is 11.2 Å². The van der Waals surface area contributed by atoms with E-state index in [1.54, 1.807) is 11.0 Å². The van der Waals surface area contributed by atoms with Gasteiger partial charge in [-0.25, -0.2) is 18.4 Å². The normalized spacial score (nSPS) is 19.7. The van der Waals surface area contributed by atoms with E-state index < -0.39 is 9.84 Å². The van der Waals surface area contributed by atoms with Crippen LogP contribution in [0.5, 0.6) is 0 Å². The number of carbonyl (C=O) groups is 1. The minimum atomic E-state index is -3.01. The number of thioether (sulfide) groups is 1. The molecule has 3 rings (SSSR count). The summed E-state index contributed by atoms with van der Waals surface area (Å²) in [6, 6.07) is 1.51. The van der Waals surface area contributed by atoms with Gasteiger partial charge in [-0.1, -0.05) is 23.4 Å². The fourth-order valence-corrected chi connectivity index (χ4v) is 5.44. The van der Waals surface area contributed by atoms with Crippen molar-refractivity contribution in [1.29, 1.82) is 0 Å². The molecule has 1 aliphatic heterocycles. The minimum absolute atomic E-state index is 0.0598. The second-order valence-corrected chi connectivity index (χ2v) is 9.22. The summed E-state index contributed by atoms with van der Waals surface area (Å²) in [6.07, 6.45) is 2.03. The SMILES string of the molecule is CCN(C(=O)CSc1nc2ncc(Cl)cc2[nH]1)[C@H]1CCS(=O)(=O)C1. The van der Waals surface area contributed by atoms with E-state index in [0.29, 0.717) is 34.3 Å². The van der Waals surface area contributed by atoms with E-state index in [9.17, 15) is 13.2 Å². The van der Waals surface area contributed by atoms with Crippen molar-refractivity contribution >= 4 is 50.3 Å². The first-order valence-electron chi connectivity index (χ1n) is 7.52. The van der Waals surface area contributed by atoms with Crippen LogP contribution in [0.15, 0.2) is 17.4 Å². The monoisotopic (exact) mass is 388 g/mol. The van der Waals surface area contributed by atoms with Crippen LogP contribution >= 0.6 is 23.4 Å². The zero-order valence-corrected chi connectivity index (χ0v) is 15.4. The summed E-state index contributed by atoms with van der Waals surface area (Å²) < 4.78 is 23.2. The van der Waals surface area contributed by atoms with Crippen LogP contribution in [0.2, 0.25) is 5.02 Å². The van der Waals surface area contributed by atoms with Gasteiger partial charge in [0.25, 0.3) is 0 Å². The number of fused-ring (bicyclic) bond motifs is 1. The number of rotatable bonds is 5. The third-order valence-electron chi connectivity index (χ3n) is 3.92. The number of imidazole rings is 1. The maximum atomic E-state index is 12.4. The van der Waals surface area contributed by atoms with Gasteiger partial charge in [0.2, 0.25) is 5.91 Å². The molecular formula is C14H17ClN4O3S2. The van der Waals surface area contributed by atoms with Crippen molar-refractivity contribution in [2.24, 2.45) is 0 Å². The van der Waals surface area contributed by atoms with E-state index in [1.165, 1.54) is 18.0 Å². The highest BCUT2D eigenvalue weighted by Crippen LogP contribution is 2.23. The lowest BCUT2D eigenvalue weighted by Gasteiger charge is -2.26. The van der Waals surface area contributed by atoms with Gasteiger partial charge in [0.05, 0.1) is 27.8 Å². The van der Waals surface area contributed by atoms with Crippen LogP contribution in [0.4, 0.5) is 0 Å². The second kappa shape index (κ2) is 6.89. The molecule has 1 atom stereocenters. The zero-order valence-electron chi connectivity index (χ0n) is 13.0. The number of halogens is 1. The van der Waals surface area contributed by atoms with Gasteiger partial charge >= 0.3 is 0 Å². The zero-order chi connectivity index (χ0) is 17.3. The van der Waals surface area contributed by atoms with E-state index in [4.69, 9.17) is 11.6 Å². The molecule has 2 aromatic heterocycles. The predicted molar refractivity (Wildman–Crippen MR) is 94.1 cm³/mol. The van der Waals surface area contributed by atoms with Crippen molar-refractivity contribution in [2.45, 2.75) is 24.5 Å². The molecule has 0 radical (unpaired) electrons. The van der Waals surface area contributed by atoms with Crippen LogP contribution in [0.3, 0.4) is 0 Å². The first kappa shape index (κ1) is 17.5. The molecule has 10 heteroatoms. The molecule has 24 heavy (non-hydrogen) atoms. The van der Waals surface area contributed by atoms with Gasteiger partial charge in [-0.3, -0.25) is 4.79 Å². The maximum absolute atomic E-state index is 12.4. The lowest BCUT2D eigenvalue weighted by atomic mass is 10.2. The van der Waals surface area contributed by atoms with Gasteiger partial charge in [-0.15, -0.1) is 0 Å². The van der Waals surface area contributed by atoms with Crippen molar-refractivity contribution in [2.75, 3.05) is 23.8 Å². The van der Waals surface area contributed by atoms with Gasteiger partial charge in [0, 0.05) is 18.8 Å². The van der Waals surface area contributed by atoms with Crippen molar-refractivity contribution in [3.05, 3.63) is 17.3 Å². The molecule has 130 valence electrons. The minimum Gasteiger partial charge on any atom is -0.338 e. The molecule has 1 fully saturated rings. The number of sulfone groups is 1. The summed E-state index contributed by atoms with van der Waals surface area (Å²) in [5.74, 6) is 0.323. The first-order valence-corrected chi connectivity index (χ1v) is 10.7. The van der Waals surface area contributed by atoms with Crippen molar-refractivity contribution < 1.29 is 13.2 Å². The number of nitrogens with one attached hydrogen (secondary N) is 1. The summed E-state index contributed by atoms with van der Waals surface area (Å²) in [5.41, 5.74) is 1.26. The molecule has 0 saturated carbocycles. The number of hydrogen-bond acceptors (Lipinski definition) is 6. The maximum Gasteiger partial charge on any atom is 0.233 e. The van der Waals surface area contributed by atoms with Gasteiger partial charge in [0.1, 0.15) is 0 Å². The molecule has 0 aromatic carbocycles. The molecule has 0 bridgehead atoms. The molecule has 7 nitrogen and oxygen atoms in total. The standard InChI is InChI=1S/C14H17ClN4O3S2/c1-2-19(10-3-4-24(21,22)8-10)12(20)7-23-14-17-11-5-9(15)6-16-13(11)18-14/h5-6,10H,2-4,7-8H2,1H3,(H,16,17,18)/t10-/m0/s1. The molecular weight excluding hydrogens is 372 g/mol. The smallest absolute Gasteiger partial charge is 0.233 e. The summed E-state index contributed by atoms with van der Waals surface area (Å²) >= 11 is 7.16. The average molecular weight is 389 g/mol. The Morgan fingerprint density at radius 2 is 2.33 bits per heavy atom. The van der Waals surface area contributed by atoms with E-state index in [2.05, 4.69) is 15.0 Å². The first-order chi connectivity index (χ1) is 11.4. The van der Waals surface area contributed by atoms with Gasteiger partial charge in [0.15, 0.2) is 20.6 Å². The van der Waals surface area contributed by atoms with Crippen LogP contribution in [-0.4, -0.2) is 64.0 Å². The average Bonchev–Trinajstić information content (AvgIpc) is 3.08. The number of aromatic nitrogens is 3. The Balaban J connectivity index is 1.64. The summed E-state index contributed by atoms with van der Waals surface area (Å²) in [4.78, 5) is 25.6. The van der Waals surface area contributed by atoms with Crippen molar-refractivity contribution in [3.63, 3.8) is 0 Å². The highest BCUT2D eigenvalue weighted by molar-refractivity contribution is 7.99. The van der Waals surface area contributed by atoms with Gasteiger partial charge in [-0.2, -0.15) is 0 Å². The number of amides is 1. The Morgan fingerprint density at radius 3 is 3.00 bits per heavy atom. The number of carbonyl (C=O) groups excluding carboxylic acids is 1. The molecule has 0 unspecified atom stereocenters. The van der Waals surface area contributed by atoms with E-state index >= 15 is 0 Å². The quantitative estimate of drug-likeness (QED) is 0.784. The van der Waals surface area contributed by atoms with Gasteiger partial charge < -0.3 is 9.88 Å². The van der Waals surface area contributed by atoms with Gasteiger partial charge in [-0.05, 0) is 19.4 Å². The molecule has 0 aliphatic carbocycles. The Hall–Kier alpha value is -1.32. The Bertz CT molecular complexity index is 868. The van der Waals surface area contributed by atoms with Crippen LogP contribution in [-0.2, 0) is 14.6 Å². The number of H-pyrrole nitrogens is 1. The van der Waals surface area contributed by atoms with E-state index in [0.717, 1.165) is 0 Å². The number of pyridine rings is 1. The lowest BCUT2D eigenvalue weighted by molar-refractivity contribution is -0.129. The third-order valence-corrected chi connectivity index (χ3v) is 6.74. The third kappa shape index (κ3) is 3.84. The molecule has 3 heterocycles. The second-order valence-electron chi connectivity index (χ2n) is 5.59. The van der Waals surface area contributed by atoms with E-state index in [1.807, 2.05) is 6.92 Å². The van der Waals surface area contributed by atoms with Crippen LogP contribution in [0, 0.1) is 0 Å². The number of aromatic amines is 1. The van der Waals surface area contributed by atoms with Crippen LogP contribution < -0.4 is 0 Å².